The van der Waals surface area contributed by atoms with E-state index in [4.69, 9.17) is 4.74 Å². The summed E-state index contributed by atoms with van der Waals surface area (Å²) in [6, 6.07) is 20.2. The zero-order chi connectivity index (χ0) is 20.2. The molecule has 2 aromatic rings. The van der Waals surface area contributed by atoms with Gasteiger partial charge in [-0.2, -0.15) is 0 Å². The van der Waals surface area contributed by atoms with Crippen molar-refractivity contribution < 1.29 is 14.3 Å². The zero-order valence-corrected chi connectivity index (χ0v) is 16.9. The van der Waals surface area contributed by atoms with Gasteiger partial charge in [0.15, 0.2) is 0 Å². The number of amides is 2. The highest BCUT2D eigenvalue weighted by Gasteiger charge is 2.46. The molecule has 0 N–H and O–H groups in total. The second kappa shape index (κ2) is 8.89. The average molecular weight is 392 g/mol. The van der Waals surface area contributed by atoms with Gasteiger partial charge >= 0.3 is 0 Å². The highest BCUT2D eigenvalue weighted by molar-refractivity contribution is 5.99. The van der Waals surface area contributed by atoms with Crippen LogP contribution in [-0.2, 0) is 27.5 Å². The lowest BCUT2D eigenvalue weighted by Crippen LogP contribution is -2.50. The van der Waals surface area contributed by atoms with Gasteiger partial charge in [0.1, 0.15) is 6.10 Å². The highest BCUT2D eigenvalue weighted by Crippen LogP contribution is 2.33. The van der Waals surface area contributed by atoms with Crippen molar-refractivity contribution >= 4 is 11.8 Å². The molecule has 0 bridgehead atoms. The molecule has 29 heavy (non-hydrogen) atoms. The third kappa shape index (κ3) is 4.57. The third-order valence-electron chi connectivity index (χ3n) is 5.99. The van der Waals surface area contributed by atoms with Crippen LogP contribution in [0.2, 0.25) is 0 Å². The van der Waals surface area contributed by atoms with Crippen molar-refractivity contribution in [3.8, 4) is 0 Å². The first-order valence-electron chi connectivity index (χ1n) is 10.4. The second-order valence-corrected chi connectivity index (χ2v) is 8.08. The standard InChI is InChI=1S/C24H28N2O3/c1-18(29-17-20-10-6-3-7-11-20)24(28)26-22-12-13-25(16-21(22)14-23(26)27)15-19-8-4-2-5-9-19/h2-11,18,21-22H,12-17H2,1H3/t18-,21+,22+/m1/s1. The van der Waals surface area contributed by atoms with Gasteiger partial charge in [-0.1, -0.05) is 60.7 Å². The van der Waals surface area contributed by atoms with Gasteiger partial charge in [0.2, 0.25) is 5.91 Å². The molecule has 4 rings (SSSR count). The van der Waals surface area contributed by atoms with Crippen LogP contribution in [0.3, 0.4) is 0 Å². The first-order valence-corrected chi connectivity index (χ1v) is 10.4. The number of carbonyl (C=O) groups is 2. The molecule has 2 amide bonds. The Balaban J connectivity index is 1.34. The maximum atomic E-state index is 13.0. The molecule has 2 aliphatic heterocycles. The summed E-state index contributed by atoms with van der Waals surface area (Å²) in [5.74, 6) is -0.0399. The van der Waals surface area contributed by atoms with E-state index in [1.807, 2.05) is 36.4 Å². The Morgan fingerprint density at radius 2 is 1.72 bits per heavy atom. The molecular weight excluding hydrogens is 364 g/mol. The van der Waals surface area contributed by atoms with Gasteiger partial charge < -0.3 is 4.74 Å². The van der Waals surface area contributed by atoms with Crippen LogP contribution in [0.15, 0.2) is 60.7 Å². The largest absolute Gasteiger partial charge is 0.364 e. The van der Waals surface area contributed by atoms with Crippen LogP contribution in [0, 0.1) is 5.92 Å². The fourth-order valence-electron chi connectivity index (χ4n) is 4.48. The lowest BCUT2D eigenvalue weighted by Gasteiger charge is -2.37. The predicted molar refractivity (Wildman–Crippen MR) is 111 cm³/mol. The SMILES string of the molecule is C[C@@H](OCc1ccccc1)C(=O)N1C(=O)C[C@H]2CN(Cc3ccccc3)CC[C@@H]21. The van der Waals surface area contributed by atoms with E-state index < -0.39 is 6.10 Å². The molecule has 2 saturated heterocycles. The van der Waals surface area contributed by atoms with E-state index in [1.165, 1.54) is 10.5 Å². The fourth-order valence-corrected chi connectivity index (χ4v) is 4.48. The van der Waals surface area contributed by atoms with Gasteiger partial charge in [-0.05, 0) is 24.5 Å². The topological polar surface area (TPSA) is 49.9 Å². The second-order valence-electron chi connectivity index (χ2n) is 8.08. The van der Waals surface area contributed by atoms with Crippen LogP contribution in [-0.4, -0.2) is 46.8 Å². The maximum Gasteiger partial charge on any atom is 0.258 e. The quantitative estimate of drug-likeness (QED) is 0.757. The number of rotatable bonds is 6. The smallest absolute Gasteiger partial charge is 0.258 e. The molecule has 152 valence electrons. The molecule has 3 atom stereocenters. The summed E-state index contributed by atoms with van der Waals surface area (Å²) in [4.78, 5) is 29.5. The van der Waals surface area contributed by atoms with Gasteiger partial charge in [-0.15, -0.1) is 0 Å². The van der Waals surface area contributed by atoms with E-state index in [1.54, 1.807) is 6.92 Å². The van der Waals surface area contributed by atoms with Crippen LogP contribution >= 0.6 is 0 Å². The van der Waals surface area contributed by atoms with E-state index in [9.17, 15) is 9.59 Å². The number of hydrogen-bond acceptors (Lipinski definition) is 4. The molecule has 5 nitrogen and oxygen atoms in total. The number of fused-ring (bicyclic) bond motifs is 1. The Hall–Kier alpha value is -2.50. The lowest BCUT2D eigenvalue weighted by atomic mass is 9.92. The Morgan fingerprint density at radius 3 is 2.41 bits per heavy atom. The predicted octanol–water partition coefficient (Wildman–Crippen LogP) is 3.24. The normalized spacial score (nSPS) is 23.1. The summed E-state index contributed by atoms with van der Waals surface area (Å²) < 4.78 is 5.78. The van der Waals surface area contributed by atoms with Crippen molar-refractivity contribution in [2.45, 2.75) is 45.1 Å². The highest BCUT2D eigenvalue weighted by atomic mass is 16.5. The molecule has 0 unspecified atom stereocenters. The number of ether oxygens (including phenoxy) is 1. The van der Waals surface area contributed by atoms with Gasteiger partial charge in [-0.3, -0.25) is 19.4 Å². The average Bonchev–Trinajstić information content (AvgIpc) is 3.07. The minimum atomic E-state index is -0.625. The number of benzene rings is 2. The van der Waals surface area contributed by atoms with Gasteiger partial charge in [0, 0.05) is 38.0 Å². The van der Waals surface area contributed by atoms with Gasteiger partial charge in [0.05, 0.1) is 6.61 Å². The van der Waals surface area contributed by atoms with Crippen LogP contribution < -0.4 is 0 Å². The van der Waals surface area contributed by atoms with Gasteiger partial charge in [-0.25, -0.2) is 0 Å². The minimum absolute atomic E-state index is 0.00444. The monoisotopic (exact) mass is 392 g/mol. The van der Waals surface area contributed by atoms with Crippen LogP contribution in [0.4, 0.5) is 0 Å². The Kier molecular flexibility index (Phi) is 6.07. The van der Waals surface area contributed by atoms with Crippen molar-refractivity contribution in [1.82, 2.24) is 9.80 Å². The summed E-state index contributed by atoms with van der Waals surface area (Å²) in [6.45, 7) is 4.76. The van der Waals surface area contributed by atoms with Crippen molar-refractivity contribution in [3.05, 3.63) is 71.8 Å². The summed E-state index contributed by atoms with van der Waals surface area (Å²) >= 11 is 0. The van der Waals surface area contributed by atoms with E-state index in [0.29, 0.717) is 13.0 Å². The zero-order valence-electron chi connectivity index (χ0n) is 16.9. The maximum absolute atomic E-state index is 13.0. The fraction of sp³-hybridized carbons (Fsp3) is 0.417. The first kappa shape index (κ1) is 19.8. The molecule has 0 radical (unpaired) electrons. The lowest BCUT2D eigenvalue weighted by molar-refractivity contribution is -0.153. The number of carbonyl (C=O) groups excluding carboxylic acids is 2. The van der Waals surface area contributed by atoms with Gasteiger partial charge in [0.25, 0.3) is 5.91 Å². The molecular formula is C24H28N2O3. The van der Waals surface area contributed by atoms with Crippen molar-refractivity contribution in [2.24, 2.45) is 5.92 Å². The molecule has 2 aromatic carbocycles. The molecule has 0 spiro atoms. The Morgan fingerprint density at radius 1 is 1.07 bits per heavy atom. The van der Waals surface area contributed by atoms with E-state index in [0.717, 1.165) is 31.6 Å². The molecule has 0 aliphatic carbocycles. The van der Waals surface area contributed by atoms with Crippen LogP contribution in [0.1, 0.15) is 30.9 Å². The number of piperidine rings is 1. The molecule has 5 heteroatoms. The summed E-state index contributed by atoms with van der Waals surface area (Å²) in [5, 5.41) is 0. The van der Waals surface area contributed by atoms with Crippen LogP contribution in [0.5, 0.6) is 0 Å². The Labute approximate surface area is 172 Å². The number of nitrogens with zero attached hydrogens (tertiary/aromatic N) is 2. The molecule has 2 fully saturated rings. The van der Waals surface area contributed by atoms with Crippen molar-refractivity contribution in [1.29, 1.82) is 0 Å². The molecule has 2 heterocycles. The van der Waals surface area contributed by atoms with Crippen molar-refractivity contribution in [2.75, 3.05) is 13.1 Å². The molecule has 0 aromatic heterocycles. The number of likely N-dealkylation sites (tertiary alicyclic amines) is 2. The molecule has 2 aliphatic rings. The number of imide groups is 1. The Bertz CT molecular complexity index is 840. The van der Waals surface area contributed by atoms with E-state index in [2.05, 4.69) is 29.2 Å². The van der Waals surface area contributed by atoms with E-state index >= 15 is 0 Å². The van der Waals surface area contributed by atoms with Crippen LogP contribution in [0.25, 0.3) is 0 Å². The summed E-state index contributed by atoms with van der Waals surface area (Å²) in [7, 11) is 0. The number of hydrogen-bond donors (Lipinski definition) is 0. The third-order valence-corrected chi connectivity index (χ3v) is 5.99. The minimum Gasteiger partial charge on any atom is -0.364 e. The summed E-state index contributed by atoms with van der Waals surface area (Å²) in [5.41, 5.74) is 2.30. The molecule has 0 saturated carbocycles. The first-order chi connectivity index (χ1) is 14.1. The van der Waals surface area contributed by atoms with Crippen molar-refractivity contribution in [3.63, 3.8) is 0 Å². The summed E-state index contributed by atoms with van der Waals surface area (Å²) in [6.07, 6.45) is 0.660. The van der Waals surface area contributed by atoms with E-state index in [-0.39, 0.29) is 23.8 Å².